The maximum absolute atomic E-state index is 11.9. The van der Waals surface area contributed by atoms with Gasteiger partial charge in [-0.1, -0.05) is 0 Å². The van der Waals surface area contributed by atoms with Crippen molar-refractivity contribution in [1.82, 2.24) is 10.3 Å². The second-order valence-corrected chi connectivity index (χ2v) is 5.21. The molecule has 1 aromatic rings. The Morgan fingerprint density at radius 2 is 2.19 bits per heavy atom. The summed E-state index contributed by atoms with van der Waals surface area (Å²) in [7, 11) is 0. The molecule has 0 spiro atoms. The first-order valence-electron chi connectivity index (χ1n) is 5.63. The van der Waals surface area contributed by atoms with Gasteiger partial charge >= 0.3 is 0 Å². The molecule has 1 heterocycles. The van der Waals surface area contributed by atoms with Gasteiger partial charge in [0.25, 0.3) is 5.91 Å². The van der Waals surface area contributed by atoms with Gasteiger partial charge in [0.2, 0.25) is 0 Å². The molecule has 0 aromatic carbocycles. The van der Waals surface area contributed by atoms with E-state index >= 15 is 0 Å². The van der Waals surface area contributed by atoms with Crippen LogP contribution in [-0.2, 0) is 0 Å². The summed E-state index contributed by atoms with van der Waals surface area (Å²) in [5.41, 5.74) is 8.35. The fourth-order valence-corrected chi connectivity index (χ4v) is 2.74. The number of nitrogens with two attached hydrogens (primary N) is 1. The Morgan fingerprint density at radius 1 is 1.50 bits per heavy atom. The van der Waals surface area contributed by atoms with Crippen molar-refractivity contribution in [2.45, 2.75) is 44.7 Å². The predicted octanol–water partition coefficient (Wildman–Crippen LogP) is 1.45. The number of hydrogen-bond acceptors (Lipinski definition) is 4. The van der Waals surface area contributed by atoms with E-state index in [0.717, 1.165) is 36.3 Å². The second-order valence-electron chi connectivity index (χ2n) is 4.35. The van der Waals surface area contributed by atoms with E-state index in [2.05, 4.69) is 10.3 Å². The van der Waals surface area contributed by atoms with E-state index < -0.39 is 0 Å². The molecule has 0 unspecified atom stereocenters. The third kappa shape index (κ3) is 2.59. The van der Waals surface area contributed by atoms with Gasteiger partial charge in [0.1, 0.15) is 4.88 Å². The lowest BCUT2D eigenvalue weighted by Crippen LogP contribution is -2.40. The standard InChI is InChI=1S/C11H17N3OS/c1-7-10(16-6-13-7)11(15)14-9-4-2-8(12)3-5-9/h6,8-9H,2-5,12H2,1H3,(H,14,15). The van der Waals surface area contributed by atoms with Crippen LogP contribution in [0.3, 0.4) is 0 Å². The van der Waals surface area contributed by atoms with Crippen LogP contribution in [0.2, 0.25) is 0 Å². The molecule has 0 bridgehead atoms. The molecule has 16 heavy (non-hydrogen) atoms. The van der Waals surface area contributed by atoms with Crippen LogP contribution in [0.5, 0.6) is 0 Å². The zero-order valence-electron chi connectivity index (χ0n) is 9.40. The monoisotopic (exact) mass is 239 g/mol. The first-order chi connectivity index (χ1) is 7.66. The molecule has 0 saturated heterocycles. The number of hydrogen-bond donors (Lipinski definition) is 2. The van der Waals surface area contributed by atoms with Crippen molar-refractivity contribution in [3.8, 4) is 0 Å². The number of nitrogens with zero attached hydrogens (tertiary/aromatic N) is 1. The number of nitrogens with one attached hydrogen (secondary N) is 1. The number of carbonyl (C=O) groups is 1. The number of aromatic nitrogens is 1. The molecule has 0 aliphatic heterocycles. The van der Waals surface area contributed by atoms with Crippen LogP contribution >= 0.6 is 11.3 Å². The van der Waals surface area contributed by atoms with Crippen LogP contribution in [0.4, 0.5) is 0 Å². The van der Waals surface area contributed by atoms with E-state index in [1.165, 1.54) is 11.3 Å². The Morgan fingerprint density at radius 3 is 2.75 bits per heavy atom. The van der Waals surface area contributed by atoms with Crippen LogP contribution in [0.15, 0.2) is 5.51 Å². The highest BCUT2D eigenvalue weighted by Crippen LogP contribution is 2.18. The van der Waals surface area contributed by atoms with Crippen molar-refractivity contribution in [2.75, 3.05) is 0 Å². The van der Waals surface area contributed by atoms with Crippen molar-refractivity contribution in [3.05, 3.63) is 16.1 Å². The van der Waals surface area contributed by atoms with Crippen molar-refractivity contribution in [1.29, 1.82) is 0 Å². The Labute approximate surface area is 99.3 Å². The first kappa shape index (κ1) is 11.5. The van der Waals surface area contributed by atoms with E-state index in [1.54, 1.807) is 5.51 Å². The van der Waals surface area contributed by atoms with E-state index in [9.17, 15) is 4.79 Å². The number of rotatable bonds is 2. The molecular weight excluding hydrogens is 222 g/mol. The summed E-state index contributed by atoms with van der Waals surface area (Å²) < 4.78 is 0. The lowest BCUT2D eigenvalue weighted by atomic mass is 9.92. The summed E-state index contributed by atoms with van der Waals surface area (Å²) in [6.07, 6.45) is 3.99. The fourth-order valence-electron chi connectivity index (χ4n) is 2.03. The minimum absolute atomic E-state index is 0.0143. The second kappa shape index (κ2) is 4.93. The molecule has 1 fully saturated rings. The molecular formula is C11H17N3OS. The first-order valence-corrected chi connectivity index (χ1v) is 6.51. The van der Waals surface area contributed by atoms with Crippen LogP contribution in [0.25, 0.3) is 0 Å². The minimum atomic E-state index is 0.0143. The fraction of sp³-hybridized carbons (Fsp3) is 0.636. The normalized spacial score (nSPS) is 25.4. The quantitative estimate of drug-likeness (QED) is 0.821. The van der Waals surface area contributed by atoms with Crippen molar-refractivity contribution >= 4 is 17.2 Å². The number of aryl methyl sites for hydroxylation is 1. The van der Waals surface area contributed by atoms with Crippen LogP contribution in [0.1, 0.15) is 41.0 Å². The van der Waals surface area contributed by atoms with Gasteiger partial charge in [-0.2, -0.15) is 0 Å². The Hall–Kier alpha value is -0.940. The topological polar surface area (TPSA) is 68.0 Å². The summed E-state index contributed by atoms with van der Waals surface area (Å²) in [5.74, 6) is 0.0143. The predicted molar refractivity (Wildman–Crippen MR) is 64.5 cm³/mol. The van der Waals surface area contributed by atoms with E-state index in [0.29, 0.717) is 6.04 Å². The SMILES string of the molecule is Cc1ncsc1C(=O)NC1CCC(N)CC1. The maximum atomic E-state index is 11.9. The van der Waals surface area contributed by atoms with Gasteiger partial charge in [-0.3, -0.25) is 4.79 Å². The van der Waals surface area contributed by atoms with Gasteiger partial charge < -0.3 is 11.1 Å². The molecule has 0 radical (unpaired) electrons. The average molecular weight is 239 g/mol. The molecule has 1 aliphatic carbocycles. The molecule has 3 N–H and O–H groups in total. The molecule has 5 heteroatoms. The largest absolute Gasteiger partial charge is 0.349 e. The van der Waals surface area contributed by atoms with Gasteiger partial charge in [0.15, 0.2) is 0 Å². The number of thiazole rings is 1. The molecule has 4 nitrogen and oxygen atoms in total. The van der Waals surface area contributed by atoms with Crippen LogP contribution < -0.4 is 11.1 Å². The van der Waals surface area contributed by atoms with Crippen LogP contribution in [-0.4, -0.2) is 23.0 Å². The molecule has 1 aliphatic rings. The molecule has 1 saturated carbocycles. The minimum Gasteiger partial charge on any atom is -0.349 e. The van der Waals surface area contributed by atoms with Crippen molar-refractivity contribution in [3.63, 3.8) is 0 Å². The molecule has 1 amide bonds. The molecule has 2 rings (SSSR count). The van der Waals surface area contributed by atoms with Crippen molar-refractivity contribution in [2.24, 2.45) is 5.73 Å². The van der Waals surface area contributed by atoms with Gasteiger partial charge in [-0.15, -0.1) is 11.3 Å². The van der Waals surface area contributed by atoms with E-state index in [4.69, 9.17) is 5.73 Å². The van der Waals surface area contributed by atoms with Gasteiger partial charge in [0, 0.05) is 12.1 Å². The summed E-state index contributed by atoms with van der Waals surface area (Å²) in [6.45, 7) is 1.86. The van der Waals surface area contributed by atoms with Gasteiger partial charge in [-0.25, -0.2) is 4.98 Å². The van der Waals surface area contributed by atoms with Crippen molar-refractivity contribution < 1.29 is 4.79 Å². The summed E-state index contributed by atoms with van der Waals surface area (Å²) in [4.78, 5) is 16.7. The lowest BCUT2D eigenvalue weighted by molar-refractivity contribution is 0.0929. The van der Waals surface area contributed by atoms with E-state index in [-0.39, 0.29) is 11.9 Å². The summed E-state index contributed by atoms with van der Waals surface area (Å²) in [6, 6.07) is 0.604. The maximum Gasteiger partial charge on any atom is 0.263 e. The van der Waals surface area contributed by atoms with Crippen LogP contribution in [0, 0.1) is 6.92 Å². The molecule has 88 valence electrons. The highest BCUT2D eigenvalue weighted by atomic mass is 32.1. The van der Waals surface area contributed by atoms with E-state index in [1.807, 2.05) is 6.92 Å². The molecule has 0 atom stereocenters. The summed E-state index contributed by atoms with van der Waals surface area (Å²) >= 11 is 1.40. The third-order valence-electron chi connectivity index (χ3n) is 3.06. The number of carbonyl (C=O) groups excluding carboxylic acids is 1. The summed E-state index contributed by atoms with van der Waals surface area (Å²) in [5, 5.41) is 3.06. The Balaban J connectivity index is 1.91. The smallest absolute Gasteiger partial charge is 0.263 e. The van der Waals surface area contributed by atoms with Gasteiger partial charge in [0.05, 0.1) is 11.2 Å². The molecule has 1 aromatic heterocycles. The average Bonchev–Trinajstić information content (AvgIpc) is 2.68. The van der Waals surface area contributed by atoms with Gasteiger partial charge in [-0.05, 0) is 32.6 Å². The highest BCUT2D eigenvalue weighted by molar-refractivity contribution is 7.11. The lowest BCUT2D eigenvalue weighted by Gasteiger charge is -2.26. The Kier molecular flexibility index (Phi) is 3.56. The number of amides is 1. The zero-order valence-corrected chi connectivity index (χ0v) is 10.2. The zero-order chi connectivity index (χ0) is 11.5. The third-order valence-corrected chi connectivity index (χ3v) is 3.99. The highest BCUT2D eigenvalue weighted by Gasteiger charge is 2.21. The Bertz CT molecular complexity index is 369.